The summed E-state index contributed by atoms with van der Waals surface area (Å²) in [6, 6.07) is 0. The maximum absolute atomic E-state index is 12.4. The third-order valence-corrected chi connectivity index (χ3v) is 7.35. The summed E-state index contributed by atoms with van der Waals surface area (Å²) < 4.78 is 34.4. The fourth-order valence-corrected chi connectivity index (χ4v) is 4.53. The van der Waals surface area contributed by atoms with E-state index in [0.29, 0.717) is 30.5 Å². The van der Waals surface area contributed by atoms with Crippen LogP contribution >= 0.6 is 7.82 Å². The average molecular weight is 641 g/mol. The van der Waals surface area contributed by atoms with Gasteiger partial charge in [0, 0.05) is 6.42 Å². The molecule has 0 rings (SSSR count). The zero-order chi connectivity index (χ0) is 32.8. The number of nitrogens with zero attached hydrogens (tertiary/aromatic N) is 1. The highest BCUT2D eigenvalue weighted by Gasteiger charge is 2.26. The minimum absolute atomic E-state index is 0.0729. The first-order chi connectivity index (χ1) is 21.1. The normalized spacial score (nSPS) is 15.0. The second-order valence-corrected chi connectivity index (χ2v) is 13.3. The topological polar surface area (TPSA) is 91.3 Å². The van der Waals surface area contributed by atoms with Gasteiger partial charge in [-0.25, -0.2) is 4.57 Å². The number of hydrogen-bond donors (Lipinski definition) is 1. The van der Waals surface area contributed by atoms with Crippen LogP contribution in [0.25, 0.3) is 0 Å². The number of carbonyl (C=O) groups excluding carboxylic acids is 1. The SMILES string of the molecule is CC/C=C\C/C=C\C/C=C\C/C=C\C/C=C\CCOCC(COP(=O)(O)OCC[N+](C)(C)C)OC(=O)CCCCCCCC. The summed E-state index contributed by atoms with van der Waals surface area (Å²) in [5.74, 6) is -0.353. The van der Waals surface area contributed by atoms with E-state index in [1.807, 2.05) is 21.1 Å². The number of rotatable bonds is 29. The maximum Gasteiger partial charge on any atom is 0.472 e. The lowest BCUT2D eigenvalue weighted by Crippen LogP contribution is -2.37. The van der Waals surface area contributed by atoms with Gasteiger partial charge in [-0.3, -0.25) is 13.8 Å². The van der Waals surface area contributed by atoms with Gasteiger partial charge in [0.2, 0.25) is 0 Å². The molecule has 8 nitrogen and oxygen atoms in total. The molecule has 0 heterocycles. The lowest BCUT2D eigenvalue weighted by atomic mass is 10.1. The molecule has 44 heavy (non-hydrogen) atoms. The first-order valence-corrected chi connectivity index (χ1v) is 18.0. The second-order valence-electron chi connectivity index (χ2n) is 11.8. The van der Waals surface area contributed by atoms with Gasteiger partial charge in [-0.15, -0.1) is 0 Å². The van der Waals surface area contributed by atoms with Crippen LogP contribution in [0.2, 0.25) is 0 Å². The molecule has 0 saturated heterocycles. The number of quaternary nitrogens is 1. The van der Waals surface area contributed by atoms with Crippen molar-refractivity contribution in [3.63, 3.8) is 0 Å². The van der Waals surface area contributed by atoms with Gasteiger partial charge in [0.15, 0.2) is 0 Å². The monoisotopic (exact) mass is 640 g/mol. The predicted molar refractivity (Wildman–Crippen MR) is 182 cm³/mol. The Balaban J connectivity index is 4.43. The Bertz CT molecular complexity index is 890. The van der Waals surface area contributed by atoms with Gasteiger partial charge < -0.3 is 18.9 Å². The molecule has 254 valence electrons. The molecular weight excluding hydrogens is 577 g/mol. The molecule has 1 N–H and O–H groups in total. The summed E-state index contributed by atoms with van der Waals surface area (Å²) in [7, 11) is 1.61. The predicted octanol–water partition coefficient (Wildman–Crippen LogP) is 8.65. The van der Waals surface area contributed by atoms with E-state index < -0.39 is 13.9 Å². The Hall–Kier alpha value is -1.80. The van der Waals surface area contributed by atoms with Crippen LogP contribution in [0.15, 0.2) is 60.8 Å². The first-order valence-electron chi connectivity index (χ1n) is 16.5. The van der Waals surface area contributed by atoms with E-state index in [1.54, 1.807) is 0 Å². The van der Waals surface area contributed by atoms with Gasteiger partial charge in [-0.05, 0) is 44.9 Å². The Morgan fingerprint density at radius 2 is 1.27 bits per heavy atom. The zero-order valence-corrected chi connectivity index (χ0v) is 29.3. The summed E-state index contributed by atoms with van der Waals surface area (Å²) in [6.45, 7) is 5.17. The summed E-state index contributed by atoms with van der Waals surface area (Å²) in [5, 5.41) is 0. The highest BCUT2D eigenvalue weighted by atomic mass is 31.2. The molecule has 2 unspecified atom stereocenters. The largest absolute Gasteiger partial charge is 0.472 e. The lowest BCUT2D eigenvalue weighted by molar-refractivity contribution is -0.870. The van der Waals surface area contributed by atoms with Crippen LogP contribution < -0.4 is 0 Å². The van der Waals surface area contributed by atoms with Crippen LogP contribution in [0.1, 0.15) is 97.3 Å². The second kappa shape index (κ2) is 28.7. The smallest absolute Gasteiger partial charge is 0.457 e. The highest BCUT2D eigenvalue weighted by molar-refractivity contribution is 7.47. The molecule has 0 radical (unpaired) electrons. The molecule has 2 atom stereocenters. The summed E-state index contributed by atoms with van der Waals surface area (Å²) in [5.41, 5.74) is 0. The van der Waals surface area contributed by atoms with E-state index in [-0.39, 0.29) is 25.8 Å². The molecule has 9 heteroatoms. The van der Waals surface area contributed by atoms with Crippen LogP contribution in [0.3, 0.4) is 0 Å². The van der Waals surface area contributed by atoms with E-state index in [2.05, 4.69) is 74.6 Å². The van der Waals surface area contributed by atoms with Crippen molar-refractivity contribution in [2.75, 3.05) is 54.1 Å². The fourth-order valence-electron chi connectivity index (χ4n) is 3.79. The molecule has 0 bridgehead atoms. The third kappa shape index (κ3) is 31.6. The number of phosphoric acid groups is 1. The van der Waals surface area contributed by atoms with Gasteiger partial charge in [-0.1, -0.05) is 107 Å². The van der Waals surface area contributed by atoms with Crippen molar-refractivity contribution in [3.05, 3.63) is 60.8 Å². The first kappa shape index (κ1) is 42.2. The quantitative estimate of drug-likeness (QED) is 0.0288. The van der Waals surface area contributed by atoms with E-state index >= 15 is 0 Å². The Labute approximate surface area is 269 Å². The maximum atomic E-state index is 12.4. The molecule has 0 fully saturated rings. The average Bonchev–Trinajstić information content (AvgIpc) is 2.96. The van der Waals surface area contributed by atoms with E-state index in [9.17, 15) is 14.3 Å². The molecule has 0 saturated carbocycles. The fraction of sp³-hybridized carbons (Fsp3) is 0.686. The van der Waals surface area contributed by atoms with Crippen LogP contribution in [0.4, 0.5) is 0 Å². The Morgan fingerprint density at radius 3 is 1.84 bits per heavy atom. The van der Waals surface area contributed by atoms with E-state index in [1.165, 1.54) is 19.3 Å². The minimum Gasteiger partial charge on any atom is -0.457 e. The van der Waals surface area contributed by atoms with Crippen molar-refractivity contribution in [2.45, 2.75) is 103 Å². The van der Waals surface area contributed by atoms with Gasteiger partial charge in [0.25, 0.3) is 0 Å². The number of likely N-dealkylation sites (N-methyl/N-ethyl adjacent to an activating group) is 1. The van der Waals surface area contributed by atoms with Gasteiger partial charge >= 0.3 is 13.8 Å². The van der Waals surface area contributed by atoms with Gasteiger partial charge in [0.05, 0.1) is 41.0 Å². The lowest BCUT2D eigenvalue weighted by Gasteiger charge is -2.24. The molecule has 0 aliphatic rings. The number of carbonyl (C=O) groups is 1. The number of esters is 1. The zero-order valence-electron chi connectivity index (χ0n) is 28.4. The van der Waals surface area contributed by atoms with Crippen molar-refractivity contribution >= 4 is 13.8 Å². The number of phosphoric ester groups is 1. The standard InChI is InChI=1S/C35H62NO7P/c1-6-8-10-12-14-15-16-17-18-19-20-21-22-23-25-27-30-40-32-34(43-35(37)28-26-24-13-11-9-7-2)33-42-44(38,39)41-31-29-36(3,4)5/h8,10,14-15,17-18,20-21,23,25,34H,6-7,9,11-13,16,19,22,24,26-33H2,1-5H3/p+1/b10-8-,15-14-,18-17-,21-20-,25-23-. The summed E-state index contributed by atoms with van der Waals surface area (Å²) >= 11 is 0. The molecule has 0 aliphatic carbocycles. The molecule has 0 aromatic carbocycles. The van der Waals surface area contributed by atoms with Crippen LogP contribution in [-0.2, 0) is 27.9 Å². The number of ether oxygens (including phenoxy) is 2. The van der Waals surface area contributed by atoms with E-state index in [0.717, 1.165) is 51.4 Å². The van der Waals surface area contributed by atoms with Crippen molar-refractivity contribution in [2.24, 2.45) is 0 Å². The van der Waals surface area contributed by atoms with E-state index in [4.69, 9.17) is 18.5 Å². The van der Waals surface area contributed by atoms with Gasteiger partial charge in [0.1, 0.15) is 19.3 Å². The molecule has 0 amide bonds. The minimum atomic E-state index is -4.27. The van der Waals surface area contributed by atoms with Crippen LogP contribution in [0, 0.1) is 0 Å². The molecular formula is C35H63NO7P+. The van der Waals surface area contributed by atoms with Crippen LogP contribution in [-0.4, -0.2) is 75.6 Å². The number of allylic oxidation sites excluding steroid dienone is 9. The highest BCUT2D eigenvalue weighted by Crippen LogP contribution is 2.43. The Morgan fingerprint density at radius 1 is 0.727 bits per heavy atom. The molecule has 0 aromatic heterocycles. The van der Waals surface area contributed by atoms with Crippen molar-refractivity contribution in [1.29, 1.82) is 0 Å². The van der Waals surface area contributed by atoms with Crippen molar-refractivity contribution in [1.82, 2.24) is 0 Å². The Kier molecular flexibility index (Phi) is 27.5. The summed E-state index contributed by atoms with van der Waals surface area (Å²) in [6.07, 6.45) is 33.0. The third-order valence-electron chi connectivity index (χ3n) is 6.36. The molecule has 0 aromatic rings. The summed E-state index contributed by atoms with van der Waals surface area (Å²) in [4.78, 5) is 22.5. The van der Waals surface area contributed by atoms with Gasteiger partial charge in [-0.2, -0.15) is 0 Å². The number of hydrogen-bond acceptors (Lipinski definition) is 6. The van der Waals surface area contributed by atoms with Crippen molar-refractivity contribution in [3.8, 4) is 0 Å². The molecule has 0 spiro atoms. The molecule has 0 aliphatic heterocycles. The number of unbranched alkanes of at least 4 members (excludes halogenated alkanes) is 5. The van der Waals surface area contributed by atoms with Crippen LogP contribution in [0.5, 0.6) is 0 Å². The van der Waals surface area contributed by atoms with Crippen molar-refractivity contribution < 1.29 is 37.3 Å².